The Kier molecular flexibility index (Phi) is 3.87. The molecule has 2 aliphatic heterocycles. The molecule has 22 heavy (non-hydrogen) atoms. The summed E-state index contributed by atoms with van der Waals surface area (Å²) >= 11 is 0. The average molecular weight is 306 g/mol. The molecule has 4 aliphatic rings. The Hall–Kier alpha value is -1.06. The predicted octanol–water partition coefficient (Wildman–Crippen LogP) is 3.23. The summed E-state index contributed by atoms with van der Waals surface area (Å²) in [5.41, 5.74) is 0. The van der Waals surface area contributed by atoms with Gasteiger partial charge in [-0.1, -0.05) is 0 Å². The molecule has 2 unspecified atom stereocenters. The quantitative estimate of drug-likeness (QED) is 0.751. The van der Waals surface area contributed by atoms with Gasteiger partial charge in [-0.05, 0) is 75.0 Å². The van der Waals surface area contributed by atoms with Crippen LogP contribution >= 0.6 is 0 Å². The third-order valence-corrected chi connectivity index (χ3v) is 6.65. The van der Waals surface area contributed by atoms with Crippen molar-refractivity contribution in [3.05, 3.63) is 0 Å². The van der Waals surface area contributed by atoms with E-state index in [1.165, 1.54) is 51.4 Å². The van der Waals surface area contributed by atoms with E-state index in [1.807, 2.05) is 0 Å². The summed E-state index contributed by atoms with van der Waals surface area (Å²) < 4.78 is 10.5. The molecule has 0 aromatic rings. The van der Waals surface area contributed by atoms with Crippen molar-refractivity contribution in [2.75, 3.05) is 0 Å². The minimum Gasteiger partial charge on any atom is -0.461 e. The second-order valence-corrected chi connectivity index (χ2v) is 7.81. The zero-order valence-corrected chi connectivity index (χ0v) is 13.2. The van der Waals surface area contributed by atoms with E-state index < -0.39 is 0 Å². The number of cyclic esters (lactones) is 2. The Balaban J connectivity index is 1.20. The fraction of sp³-hybridized carbons (Fsp3) is 0.889. The minimum atomic E-state index is -0.0119. The zero-order chi connectivity index (χ0) is 15.1. The molecule has 2 atom stereocenters. The van der Waals surface area contributed by atoms with Crippen LogP contribution in [0.3, 0.4) is 0 Å². The maximum atomic E-state index is 10.9. The number of carbonyl (C=O) groups is 2. The largest absolute Gasteiger partial charge is 0.461 e. The standard InChI is InChI=1S/C18H26O4/c19-17-9-15(21-17)13-5-1-11(2-6-13)12-3-7-14(8-4-12)16-10-18(20)22-16/h11-16H,1-10H2. The third-order valence-electron chi connectivity index (χ3n) is 6.65. The molecule has 0 N–H and O–H groups in total. The summed E-state index contributed by atoms with van der Waals surface area (Å²) in [5.74, 6) is 2.97. The van der Waals surface area contributed by atoms with E-state index >= 15 is 0 Å². The summed E-state index contributed by atoms with van der Waals surface area (Å²) in [5, 5.41) is 0. The number of esters is 2. The first-order valence-corrected chi connectivity index (χ1v) is 9.08. The molecule has 2 saturated carbocycles. The van der Waals surface area contributed by atoms with Gasteiger partial charge in [0.05, 0.1) is 12.8 Å². The number of hydrogen-bond acceptors (Lipinski definition) is 4. The van der Waals surface area contributed by atoms with Crippen molar-refractivity contribution in [2.45, 2.75) is 76.4 Å². The second kappa shape index (κ2) is 5.86. The van der Waals surface area contributed by atoms with Crippen LogP contribution in [0.4, 0.5) is 0 Å². The first-order valence-electron chi connectivity index (χ1n) is 9.08. The van der Waals surface area contributed by atoms with E-state index in [-0.39, 0.29) is 24.1 Å². The van der Waals surface area contributed by atoms with Gasteiger partial charge in [-0.3, -0.25) is 9.59 Å². The molecule has 2 aliphatic carbocycles. The van der Waals surface area contributed by atoms with Gasteiger partial charge in [0.15, 0.2) is 0 Å². The van der Waals surface area contributed by atoms with Crippen LogP contribution in [0.5, 0.6) is 0 Å². The van der Waals surface area contributed by atoms with Crippen LogP contribution in [0.1, 0.15) is 64.2 Å². The van der Waals surface area contributed by atoms with Crippen molar-refractivity contribution in [3.63, 3.8) is 0 Å². The normalized spacial score (nSPS) is 45.3. The van der Waals surface area contributed by atoms with E-state index in [0.717, 1.165) is 11.8 Å². The number of hydrogen-bond donors (Lipinski definition) is 0. The van der Waals surface area contributed by atoms with Crippen molar-refractivity contribution >= 4 is 11.9 Å². The molecule has 2 saturated heterocycles. The molecule has 0 radical (unpaired) electrons. The highest BCUT2D eigenvalue weighted by Gasteiger charge is 2.41. The highest BCUT2D eigenvalue weighted by Crippen LogP contribution is 2.45. The molecule has 2 heterocycles. The van der Waals surface area contributed by atoms with Gasteiger partial charge in [0.2, 0.25) is 0 Å². The van der Waals surface area contributed by atoms with Gasteiger partial charge < -0.3 is 9.47 Å². The van der Waals surface area contributed by atoms with Crippen molar-refractivity contribution in [1.29, 1.82) is 0 Å². The molecular weight excluding hydrogens is 280 g/mol. The lowest BCUT2D eigenvalue weighted by Gasteiger charge is -2.42. The molecular formula is C18H26O4. The molecule has 0 spiro atoms. The lowest BCUT2D eigenvalue weighted by molar-refractivity contribution is -0.178. The highest BCUT2D eigenvalue weighted by molar-refractivity contribution is 5.75. The van der Waals surface area contributed by atoms with Gasteiger partial charge in [-0.2, -0.15) is 0 Å². The first kappa shape index (κ1) is 14.5. The van der Waals surface area contributed by atoms with Crippen LogP contribution in [0.15, 0.2) is 0 Å². The maximum Gasteiger partial charge on any atom is 0.309 e. The average Bonchev–Trinajstić information content (AvgIpc) is 2.49. The summed E-state index contributed by atoms with van der Waals surface area (Å²) in [7, 11) is 0. The van der Waals surface area contributed by atoms with Crippen LogP contribution < -0.4 is 0 Å². The lowest BCUT2D eigenvalue weighted by Crippen LogP contribution is -2.42. The monoisotopic (exact) mass is 306 g/mol. The summed E-state index contributed by atoms with van der Waals surface area (Å²) in [6.07, 6.45) is 12.0. The van der Waals surface area contributed by atoms with E-state index in [4.69, 9.17) is 9.47 Å². The van der Waals surface area contributed by atoms with Gasteiger partial charge in [0, 0.05) is 0 Å². The fourth-order valence-corrected chi connectivity index (χ4v) is 5.15. The van der Waals surface area contributed by atoms with E-state index in [1.54, 1.807) is 0 Å². The van der Waals surface area contributed by atoms with Crippen LogP contribution in [-0.2, 0) is 19.1 Å². The van der Waals surface area contributed by atoms with Crippen LogP contribution in [-0.4, -0.2) is 24.1 Å². The van der Waals surface area contributed by atoms with E-state index in [0.29, 0.717) is 24.7 Å². The molecule has 0 aromatic carbocycles. The minimum absolute atomic E-state index is 0.0119. The molecule has 0 bridgehead atoms. The summed E-state index contributed by atoms with van der Waals surface area (Å²) in [4.78, 5) is 21.9. The molecule has 0 aromatic heterocycles. The number of carbonyl (C=O) groups excluding carboxylic acids is 2. The molecule has 4 heteroatoms. The van der Waals surface area contributed by atoms with Crippen molar-refractivity contribution < 1.29 is 19.1 Å². The van der Waals surface area contributed by atoms with E-state index in [9.17, 15) is 9.59 Å². The predicted molar refractivity (Wildman–Crippen MR) is 79.9 cm³/mol. The molecule has 4 rings (SSSR count). The molecule has 4 nitrogen and oxygen atoms in total. The van der Waals surface area contributed by atoms with Gasteiger partial charge in [-0.25, -0.2) is 0 Å². The Labute approximate surface area is 131 Å². The van der Waals surface area contributed by atoms with Gasteiger partial charge in [-0.15, -0.1) is 0 Å². The van der Waals surface area contributed by atoms with Gasteiger partial charge >= 0.3 is 11.9 Å². The van der Waals surface area contributed by atoms with Crippen LogP contribution in [0, 0.1) is 23.7 Å². The molecule has 4 fully saturated rings. The van der Waals surface area contributed by atoms with Gasteiger partial charge in [0.1, 0.15) is 12.2 Å². The van der Waals surface area contributed by atoms with E-state index in [2.05, 4.69) is 0 Å². The summed E-state index contributed by atoms with van der Waals surface area (Å²) in [6.45, 7) is 0. The Morgan fingerprint density at radius 3 is 1.09 bits per heavy atom. The first-order chi connectivity index (χ1) is 10.7. The smallest absolute Gasteiger partial charge is 0.309 e. The third kappa shape index (κ3) is 2.77. The lowest BCUT2D eigenvalue weighted by atomic mass is 9.67. The van der Waals surface area contributed by atoms with Crippen molar-refractivity contribution in [2.24, 2.45) is 23.7 Å². The molecule has 0 amide bonds. The van der Waals surface area contributed by atoms with Gasteiger partial charge in [0.25, 0.3) is 0 Å². The fourth-order valence-electron chi connectivity index (χ4n) is 5.15. The highest BCUT2D eigenvalue weighted by atomic mass is 16.6. The van der Waals surface area contributed by atoms with Crippen LogP contribution in [0.2, 0.25) is 0 Å². The number of ether oxygens (including phenoxy) is 2. The zero-order valence-electron chi connectivity index (χ0n) is 13.2. The molecule has 122 valence electrons. The van der Waals surface area contributed by atoms with Crippen molar-refractivity contribution in [3.8, 4) is 0 Å². The van der Waals surface area contributed by atoms with Crippen LogP contribution in [0.25, 0.3) is 0 Å². The van der Waals surface area contributed by atoms with Crippen molar-refractivity contribution in [1.82, 2.24) is 0 Å². The summed E-state index contributed by atoms with van der Waals surface area (Å²) in [6, 6.07) is 0. The maximum absolute atomic E-state index is 10.9. The Morgan fingerprint density at radius 2 is 0.818 bits per heavy atom. The Bertz CT molecular complexity index is 386. The second-order valence-electron chi connectivity index (χ2n) is 7.81. The number of rotatable bonds is 3. The topological polar surface area (TPSA) is 52.6 Å². The SMILES string of the molecule is O=C1CC(C2CCC(C3CCC(C4CC(=O)O4)CC3)CC2)O1. The Morgan fingerprint density at radius 1 is 0.545 bits per heavy atom.